The molecule has 0 fully saturated rings. The highest BCUT2D eigenvalue weighted by Crippen LogP contribution is 2.11. The predicted octanol–water partition coefficient (Wildman–Crippen LogP) is 1.74. The van der Waals surface area contributed by atoms with Gasteiger partial charge in [-0.05, 0) is 30.0 Å². The van der Waals surface area contributed by atoms with Crippen LogP contribution >= 0.6 is 15.9 Å². The molecule has 0 heterocycles. The van der Waals surface area contributed by atoms with Gasteiger partial charge in [0.15, 0.2) is 0 Å². The molecular formula is C11H10BrNO. The molecule has 0 radical (unpaired) electrons. The Kier molecular flexibility index (Phi) is 4.21. The molecule has 0 unspecified atom stereocenters. The van der Waals surface area contributed by atoms with Crippen molar-refractivity contribution in [1.82, 2.24) is 5.32 Å². The summed E-state index contributed by atoms with van der Waals surface area (Å²) in [5, 5.41) is 2.61. The minimum absolute atomic E-state index is 0.361. The highest BCUT2D eigenvalue weighted by Gasteiger charge is 1.96. The molecule has 0 aliphatic rings. The molecule has 2 nitrogen and oxygen atoms in total. The third-order valence-corrected chi connectivity index (χ3v) is 2.21. The number of carbonyl (C=O) groups is 1. The van der Waals surface area contributed by atoms with Crippen molar-refractivity contribution in [2.45, 2.75) is 6.42 Å². The Hall–Kier alpha value is -1.27. The van der Waals surface area contributed by atoms with E-state index in [4.69, 9.17) is 6.42 Å². The number of nitrogens with one attached hydrogen (secondary N) is 1. The fourth-order valence-corrected chi connectivity index (χ4v) is 1.51. The fraction of sp³-hybridized carbons (Fsp3) is 0.182. The monoisotopic (exact) mass is 251 g/mol. The number of hydrogen-bond acceptors (Lipinski definition) is 1. The fourth-order valence-electron chi connectivity index (χ4n) is 1.06. The Balaban J connectivity index is 2.39. The Morgan fingerprint density at radius 1 is 1.57 bits per heavy atom. The number of hydrogen-bond donors (Lipinski definition) is 1. The maximum absolute atomic E-state index is 10.7. The minimum Gasteiger partial charge on any atom is -0.345 e. The van der Waals surface area contributed by atoms with Gasteiger partial charge in [0.2, 0.25) is 0 Å². The van der Waals surface area contributed by atoms with E-state index in [0.717, 1.165) is 16.5 Å². The Bertz CT molecular complexity index is 368. The maximum atomic E-state index is 10.7. The molecule has 1 aromatic carbocycles. The zero-order valence-corrected chi connectivity index (χ0v) is 9.17. The van der Waals surface area contributed by atoms with Crippen LogP contribution in [0.25, 0.3) is 0 Å². The van der Waals surface area contributed by atoms with Crippen molar-refractivity contribution in [3.63, 3.8) is 0 Å². The summed E-state index contributed by atoms with van der Waals surface area (Å²) in [4.78, 5) is 10.7. The summed E-state index contributed by atoms with van der Waals surface area (Å²) in [5.41, 5.74) is 1.16. The van der Waals surface area contributed by atoms with Gasteiger partial charge in [-0.3, -0.25) is 4.79 Å². The molecule has 0 bridgehead atoms. The van der Waals surface area contributed by atoms with Crippen LogP contribution in [0, 0.1) is 12.3 Å². The van der Waals surface area contributed by atoms with Gasteiger partial charge in [-0.15, -0.1) is 6.42 Å². The molecule has 0 aliphatic carbocycles. The first-order chi connectivity index (χ1) is 6.72. The van der Waals surface area contributed by atoms with E-state index in [9.17, 15) is 4.79 Å². The second-order valence-electron chi connectivity index (χ2n) is 2.78. The van der Waals surface area contributed by atoms with Crippen molar-refractivity contribution < 1.29 is 4.79 Å². The lowest BCUT2D eigenvalue weighted by Crippen LogP contribution is -2.23. The highest BCUT2D eigenvalue weighted by atomic mass is 79.9. The Morgan fingerprint density at radius 2 is 2.36 bits per heavy atom. The smallest absolute Gasteiger partial charge is 0.295 e. The van der Waals surface area contributed by atoms with E-state index in [2.05, 4.69) is 21.2 Å². The van der Waals surface area contributed by atoms with Crippen molar-refractivity contribution in [3.8, 4) is 12.3 Å². The molecule has 0 atom stereocenters. The molecular weight excluding hydrogens is 242 g/mol. The van der Waals surface area contributed by atoms with Gasteiger partial charge < -0.3 is 5.32 Å². The lowest BCUT2D eigenvalue weighted by atomic mass is 10.1. The van der Waals surface area contributed by atoms with Gasteiger partial charge in [-0.2, -0.15) is 0 Å². The molecule has 0 spiro atoms. The Labute approximate surface area is 91.8 Å². The van der Waals surface area contributed by atoms with E-state index in [1.165, 1.54) is 0 Å². The zero-order valence-electron chi connectivity index (χ0n) is 7.59. The number of halogens is 1. The highest BCUT2D eigenvalue weighted by molar-refractivity contribution is 9.10. The predicted molar refractivity (Wildman–Crippen MR) is 59.7 cm³/mol. The molecule has 1 aromatic rings. The average molecular weight is 252 g/mol. The number of terminal acetylenes is 1. The van der Waals surface area contributed by atoms with Crippen LogP contribution in [0.15, 0.2) is 28.7 Å². The van der Waals surface area contributed by atoms with Gasteiger partial charge in [0.05, 0.1) is 0 Å². The topological polar surface area (TPSA) is 29.1 Å². The second kappa shape index (κ2) is 5.46. The Morgan fingerprint density at radius 3 is 3.00 bits per heavy atom. The lowest BCUT2D eigenvalue weighted by Gasteiger charge is -2.02. The van der Waals surface area contributed by atoms with Gasteiger partial charge in [0, 0.05) is 11.0 Å². The summed E-state index contributed by atoms with van der Waals surface area (Å²) < 4.78 is 1.04. The summed E-state index contributed by atoms with van der Waals surface area (Å²) in [6, 6.07) is 7.95. The molecule has 1 amide bonds. The second-order valence-corrected chi connectivity index (χ2v) is 3.70. The summed E-state index contributed by atoms with van der Waals surface area (Å²) >= 11 is 3.38. The first-order valence-corrected chi connectivity index (χ1v) is 5.00. The maximum Gasteiger partial charge on any atom is 0.295 e. The van der Waals surface area contributed by atoms with Gasteiger partial charge >= 0.3 is 0 Å². The molecule has 3 heteroatoms. The summed E-state index contributed by atoms with van der Waals surface area (Å²) in [5.74, 6) is 1.64. The van der Waals surface area contributed by atoms with Crippen molar-refractivity contribution in [1.29, 1.82) is 0 Å². The summed E-state index contributed by atoms with van der Waals surface area (Å²) in [6.07, 6.45) is 5.69. The van der Waals surface area contributed by atoms with E-state index >= 15 is 0 Å². The van der Waals surface area contributed by atoms with Crippen molar-refractivity contribution in [2.75, 3.05) is 6.54 Å². The van der Waals surface area contributed by atoms with Gasteiger partial charge in [0.1, 0.15) is 0 Å². The van der Waals surface area contributed by atoms with Crippen LogP contribution in [-0.4, -0.2) is 12.5 Å². The van der Waals surface area contributed by atoms with Crippen molar-refractivity contribution in [3.05, 3.63) is 34.3 Å². The largest absolute Gasteiger partial charge is 0.345 e. The molecule has 0 saturated carbocycles. The first kappa shape index (κ1) is 10.8. The SMILES string of the molecule is C#CC(=O)NCCc1cccc(Br)c1. The van der Waals surface area contributed by atoms with Crippen LogP contribution < -0.4 is 5.32 Å². The number of amides is 1. The summed E-state index contributed by atoms with van der Waals surface area (Å²) in [6.45, 7) is 0.569. The molecule has 0 aromatic heterocycles. The van der Waals surface area contributed by atoms with Crippen LogP contribution in [0.3, 0.4) is 0 Å². The summed E-state index contributed by atoms with van der Waals surface area (Å²) in [7, 11) is 0. The standard InChI is InChI=1S/C11H10BrNO/c1-2-11(14)13-7-6-9-4-3-5-10(12)8-9/h1,3-5,8H,6-7H2,(H,13,14). The van der Waals surface area contributed by atoms with Gasteiger partial charge in [0.25, 0.3) is 5.91 Å². The average Bonchev–Trinajstić information content (AvgIpc) is 2.17. The zero-order chi connectivity index (χ0) is 10.4. The molecule has 0 aliphatic heterocycles. The van der Waals surface area contributed by atoms with Crippen LogP contribution in [0.5, 0.6) is 0 Å². The van der Waals surface area contributed by atoms with Gasteiger partial charge in [-0.1, -0.05) is 28.1 Å². The van der Waals surface area contributed by atoms with Crippen LogP contribution in [0.2, 0.25) is 0 Å². The van der Waals surface area contributed by atoms with E-state index in [-0.39, 0.29) is 5.91 Å². The molecule has 72 valence electrons. The number of carbonyl (C=O) groups excluding carboxylic acids is 1. The molecule has 0 saturated heterocycles. The van der Waals surface area contributed by atoms with Crippen LogP contribution in [-0.2, 0) is 11.2 Å². The molecule has 1 rings (SSSR count). The van der Waals surface area contributed by atoms with Gasteiger partial charge in [-0.25, -0.2) is 0 Å². The van der Waals surface area contributed by atoms with E-state index in [0.29, 0.717) is 6.54 Å². The minimum atomic E-state index is -0.361. The first-order valence-electron chi connectivity index (χ1n) is 4.21. The van der Waals surface area contributed by atoms with Crippen molar-refractivity contribution >= 4 is 21.8 Å². The van der Waals surface area contributed by atoms with E-state index in [1.807, 2.05) is 30.2 Å². The quantitative estimate of drug-likeness (QED) is 0.816. The van der Waals surface area contributed by atoms with Crippen LogP contribution in [0.1, 0.15) is 5.56 Å². The number of benzene rings is 1. The lowest BCUT2D eigenvalue weighted by molar-refractivity contribution is -0.115. The van der Waals surface area contributed by atoms with E-state index < -0.39 is 0 Å². The van der Waals surface area contributed by atoms with E-state index in [1.54, 1.807) is 0 Å². The number of rotatable bonds is 3. The third kappa shape index (κ3) is 3.63. The normalized spacial score (nSPS) is 9.14. The third-order valence-electron chi connectivity index (χ3n) is 1.72. The van der Waals surface area contributed by atoms with Crippen LogP contribution in [0.4, 0.5) is 0 Å². The molecule has 1 N–H and O–H groups in total. The van der Waals surface area contributed by atoms with Crippen molar-refractivity contribution in [2.24, 2.45) is 0 Å². The molecule has 14 heavy (non-hydrogen) atoms.